The van der Waals surface area contributed by atoms with E-state index in [-0.39, 0.29) is 11.8 Å². The number of nitrogens with zero attached hydrogens (tertiary/aromatic N) is 7. The highest BCUT2D eigenvalue weighted by atomic mass is 16.2. The van der Waals surface area contributed by atoms with Crippen molar-refractivity contribution >= 4 is 17.7 Å². The molecule has 1 unspecified atom stereocenters. The predicted octanol–water partition coefficient (Wildman–Crippen LogP) is 2.36. The topological polar surface area (TPSA) is 110 Å². The Bertz CT molecular complexity index is 1020. The molecule has 1 saturated heterocycles. The molecule has 29 heavy (non-hydrogen) atoms. The van der Waals surface area contributed by atoms with Crippen LogP contribution in [0.5, 0.6) is 0 Å². The third-order valence-corrected chi connectivity index (χ3v) is 4.72. The summed E-state index contributed by atoms with van der Waals surface area (Å²) in [6, 6.07) is 3.78. The highest BCUT2D eigenvalue weighted by Gasteiger charge is 2.30. The van der Waals surface area contributed by atoms with E-state index in [1.807, 2.05) is 32.9 Å². The zero-order valence-electron chi connectivity index (χ0n) is 16.6. The van der Waals surface area contributed by atoms with Crippen LogP contribution in [0.2, 0.25) is 0 Å². The SMILES string of the molecule is Cc1cc(C)nc(Nc2cc(C)nc(C3CCN(C(=O)c4cnccn4)C3)n2)n1. The van der Waals surface area contributed by atoms with Crippen LogP contribution in [0.1, 0.15) is 45.7 Å². The first-order valence-corrected chi connectivity index (χ1v) is 9.48. The lowest BCUT2D eigenvalue weighted by Gasteiger charge is -2.16. The van der Waals surface area contributed by atoms with Gasteiger partial charge in [-0.25, -0.2) is 24.9 Å². The van der Waals surface area contributed by atoms with Crippen LogP contribution in [0, 0.1) is 20.8 Å². The predicted molar refractivity (Wildman–Crippen MR) is 107 cm³/mol. The minimum Gasteiger partial charge on any atom is -0.337 e. The first-order valence-electron chi connectivity index (χ1n) is 9.48. The summed E-state index contributed by atoms with van der Waals surface area (Å²) in [7, 11) is 0. The second-order valence-electron chi connectivity index (χ2n) is 7.18. The number of hydrogen-bond acceptors (Lipinski definition) is 8. The van der Waals surface area contributed by atoms with E-state index < -0.39 is 0 Å². The number of amides is 1. The lowest BCUT2D eigenvalue weighted by Crippen LogP contribution is -2.29. The van der Waals surface area contributed by atoms with Crippen LogP contribution in [0.25, 0.3) is 0 Å². The molecule has 1 fully saturated rings. The lowest BCUT2D eigenvalue weighted by molar-refractivity contribution is 0.0784. The van der Waals surface area contributed by atoms with Gasteiger partial charge in [0, 0.05) is 54.5 Å². The molecule has 0 bridgehead atoms. The second kappa shape index (κ2) is 7.86. The molecule has 4 rings (SSSR count). The molecule has 148 valence electrons. The summed E-state index contributed by atoms with van der Waals surface area (Å²) in [5.74, 6) is 1.83. The fourth-order valence-corrected chi connectivity index (χ4v) is 3.46. The molecule has 3 aromatic rings. The summed E-state index contributed by atoms with van der Waals surface area (Å²) in [5, 5.41) is 3.18. The molecule has 1 amide bonds. The molecule has 9 heteroatoms. The maximum Gasteiger partial charge on any atom is 0.274 e. The molecule has 9 nitrogen and oxygen atoms in total. The quantitative estimate of drug-likeness (QED) is 0.723. The molecule has 3 aromatic heterocycles. The van der Waals surface area contributed by atoms with Gasteiger partial charge < -0.3 is 10.2 Å². The third kappa shape index (κ3) is 4.34. The average molecular weight is 390 g/mol. The molecule has 1 aliphatic heterocycles. The van der Waals surface area contributed by atoms with Gasteiger partial charge in [0.15, 0.2) is 0 Å². The smallest absolute Gasteiger partial charge is 0.274 e. The molecule has 1 atom stereocenters. The van der Waals surface area contributed by atoms with Gasteiger partial charge in [-0.05, 0) is 33.3 Å². The molecule has 0 saturated carbocycles. The van der Waals surface area contributed by atoms with E-state index in [1.54, 1.807) is 11.1 Å². The molecule has 4 heterocycles. The van der Waals surface area contributed by atoms with Crippen molar-refractivity contribution in [1.82, 2.24) is 34.8 Å². The number of rotatable bonds is 4. The first kappa shape index (κ1) is 18.9. The third-order valence-electron chi connectivity index (χ3n) is 4.72. The molecule has 1 aliphatic rings. The van der Waals surface area contributed by atoms with Crippen LogP contribution in [0.3, 0.4) is 0 Å². The van der Waals surface area contributed by atoms with Crippen molar-refractivity contribution in [2.75, 3.05) is 18.4 Å². The Morgan fingerprint density at radius 3 is 2.52 bits per heavy atom. The van der Waals surface area contributed by atoms with E-state index in [4.69, 9.17) is 0 Å². The van der Waals surface area contributed by atoms with Crippen molar-refractivity contribution in [1.29, 1.82) is 0 Å². The van der Waals surface area contributed by atoms with Crippen LogP contribution in [-0.2, 0) is 0 Å². The minimum absolute atomic E-state index is 0.0660. The Hall–Kier alpha value is -3.49. The van der Waals surface area contributed by atoms with Gasteiger partial charge in [-0.3, -0.25) is 9.78 Å². The standard InChI is InChI=1S/C20H22N8O/c1-12-8-13(2)25-20(24-12)27-17-9-14(3)23-18(26-17)15-4-7-28(11-15)19(29)16-10-21-5-6-22-16/h5-6,8-10,15H,4,7,11H2,1-3H3,(H,23,24,25,26,27). The second-order valence-corrected chi connectivity index (χ2v) is 7.18. The van der Waals surface area contributed by atoms with Gasteiger partial charge in [-0.15, -0.1) is 0 Å². The highest BCUT2D eigenvalue weighted by molar-refractivity contribution is 5.92. The Labute approximate surface area is 168 Å². The summed E-state index contributed by atoms with van der Waals surface area (Å²) >= 11 is 0. The number of hydrogen-bond donors (Lipinski definition) is 1. The van der Waals surface area contributed by atoms with E-state index in [0.717, 1.165) is 23.5 Å². The fraction of sp³-hybridized carbons (Fsp3) is 0.350. The van der Waals surface area contributed by atoms with Crippen LogP contribution < -0.4 is 5.32 Å². The zero-order chi connectivity index (χ0) is 20.4. The Kier molecular flexibility index (Phi) is 5.11. The molecular formula is C20H22N8O. The highest BCUT2D eigenvalue weighted by Crippen LogP contribution is 2.27. The Balaban J connectivity index is 1.51. The van der Waals surface area contributed by atoms with E-state index in [0.29, 0.717) is 36.4 Å². The van der Waals surface area contributed by atoms with Gasteiger partial charge in [0.2, 0.25) is 5.95 Å². The van der Waals surface area contributed by atoms with Crippen LogP contribution in [-0.4, -0.2) is 53.8 Å². The maximum absolute atomic E-state index is 12.6. The van der Waals surface area contributed by atoms with Crippen molar-refractivity contribution in [2.24, 2.45) is 0 Å². The van der Waals surface area contributed by atoms with E-state index >= 15 is 0 Å². The number of nitrogens with one attached hydrogen (secondary N) is 1. The largest absolute Gasteiger partial charge is 0.337 e. The van der Waals surface area contributed by atoms with Crippen molar-refractivity contribution < 1.29 is 4.79 Å². The van der Waals surface area contributed by atoms with Gasteiger partial charge in [0.05, 0.1) is 6.20 Å². The van der Waals surface area contributed by atoms with Gasteiger partial charge in [0.1, 0.15) is 17.3 Å². The number of carbonyl (C=O) groups excluding carboxylic acids is 1. The number of likely N-dealkylation sites (tertiary alicyclic amines) is 1. The number of aryl methyl sites for hydroxylation is 3. The molecule has 0 aliphatic carbocycles. The van der Waals surface area contributed by atoms with Gasteiger partial charge in [-0.1, -0.05) is 0 Å². The van der Waals surface area contributed by atoms with Gasteiger partial charge in [-0.2, -0.15) is 0 Å². The van der Waals surface area contributed by atoms with E-state index in [1.165, 1.54) is 12.4 Å². The van der Waals surface area contributed by atoms with Crippen molar-refractivity contribution in [3.8, 4) is 0 Å². The van der Waals surface area contributed by atoms with Crippen molar-refractivity contribution in [3.63, 3.8) is 0 Å². The molecule has 1 N–H and O–H groups in total. The summed E-state index contributed by atoms with van der Waals surface area (Å²) in [6.45, 7) is 6.98. The number of anilines is 2. The van der Waals surface area contributed by atoms with E-state index in [2.05, 4.69) is 35.2 Å². The first-order chi connectivity index (χ1) is 14.0. The Morgan fingerprint density at radius 1 is 1.03 bits per heavy atom. The number of carbonyl (C=O) groups is 1. The van der Waals surface area contributed by atoms with Crippen LogP contribution in [0.4, 0.5) is 11.8 Å². The van der Waals surface area contributed by atoms with Crippen molar-refractivity contribution in [3.05, 3.63) is 59.3 Å². The van der Waals surface area contributed by atoms with Gasteiger partial charge in [0.25, 0.3) is 5.91 Å². The Morgan fingerprint density at radius 2 is 1.79 bits per heavy atom. The van der Waals surface area contributed by atoms with E-state index in [9.17, 15) is 4.79 Å². The lowest BCUT2D eigenvalue weighted by atomic mass is 10.1. The normalized spacial score (nSPS) is 16.1. The monoisotopic (exact) mass is 390 g/mol. The van der Waals surface area contributed by atoms with Crippen molar-refractivity contribution in [2.45, 2.75) is 33.1 Å². The fourth-order valence-electron chi connectivity index (χ4n) is 3.46. The molecule has 0 radical (unpaired) electrons. The average Bonchev–Trinajstić information content (AvgIpc) is 3.17. The molecular weight excluding hydrogens is 368 g/mol. The summed E-state index contributed by atoms with van der Waals surface area (Å²) in [5.41, 5.74) is 2.98. The van der Waals surface area contributed by atoms with Crippen LogP contribution in [0.15, 0.2) is 30.7 Å². The summed E-state index contributed by atoms with van der Waals surface area (Å²) < 4.78 is 0. The van der Waals surface area contributed by atoms with Gasteiger partial charge >= 0.3 is 0 Å². The zero-order valence-corrected chi connectivity index (χ0v) is 16.6. The molecule has 0 aromatic carbocycles. The van der Waals surface area contributed by atoms with Crippen LogP contribution >= 0.6 is 0 Å². The summed E-state index contributed by atoms with van der Waals surface area (Å²) in [6.07, 6.45) is 5.37. The summed E-state index contributed by atoms with van der Waals surface area (Å²) in [4.78, 5) is 40.6. The molecule has 0 spiro atoms. The number of aromatic nitrogens is 6. The maximum atomic E-state index is 12.6. The minimum atomic E-state index is -0.116.